The number of thioether (sulfide) groups is 1. The third-order valence-electron chi connectivity index (χ3n) is 4.25. The lowest BCUT2D eigenvalue weighted by Gasteiger charge is -2.35. The second-order valence-electron chi connectivity index (χ2n) is 5.81. The van der Waals surface area contributed by atoms with Gasteiger partial charge in [0.25, 0.3) is 5.91 Å². The van der Waals surface area contributed by atoms with Gasteiger partial charge in [-0.05, 0) is 31.4 Å². The molecule has 0 radical (unpaired) electrons. The van der Waals surface area contributed by atoms with Crippen LogP contribution in [0.4, 0.5) is 0 Å². The number of nitrogens with zero attached hydrogens (tertiary/aromatic N) is 2. The van der Waals surface area contributed by atoms with E-state index in [1.807, 2.05) is 23.1 Å². The summed E-state index contributed by atoms with van der Waals surface area (Å²) in [6.45, 7) is 0.821. The lowest BCUT2D eigenvalue weighted by atomic mass is 9.94. The van der Waals surface area contributed by atoms with E-state index in [-0.39, 0.29) is 11.9 Å². The van der Waals surface area contributed by atoms with Crippen LogP contribution in [0, 0.1) is 0 Å². The minimum atomic E-state index is 0.00523. The molecule has 1 aromatic rings. The zero-order valence-corrected chi connectivity index (χ0v) is 14.2. The van der Waals surface area contributed by atoms with E-state index in [4.69, 9.17) is 11.6 Å². The van der Waals surface area contributed by atoms with E-state index in [0.717, 1.165) is 36.7 Å². The van der Waals surface area contributed by atoms with Crippen LogP contribution >= 0.6 is 23.4 Å². The van der Waals surface area contributed by atoms with Gasteiger partial charge in [0.05, 0.1) is 10.6 Å². The van der Waals surface area contributed by atoms with Gasteiger partial charge in [-0.15, -0.1) is 0 Å². The highest BCUT2D eigenvalue weighted by molar-refractivity contribution is 8.13. The Bertz CT molecular complexity index is 570. The maximum absolute atomic E-state index is 13.1. The number of carbonyl (C=O) groups is 1. The predicted octanol–water partition coefficient (Wildman–Crippen LogP) is 4.61. The fourth-order valence-electron chi connectivity index (χ4n) is 3.11. The summed E-state index contributed by atoms with van der Waals surface area (Å²) in [4.78, 5) is 19.7. The van der Waals surface area contributed by atoms with Crippen molar-refractivity contribution in [2.45, 2.75) is 44.6 Å². The number of benzene rings is 1. The highest BCUT2D eigenvalue weighted by Gasteiger charge is 2.31. The zero-order chi connectivity index (χ0) is 15.4. The van der Waals surface area contributed by atoms with Crippen molar-refractivity contribution in [3.8, 4) is 0 Å². The van der Waals surface area contributed by atoms with Gasteiger partial charge in [0.15, 0.2) is 5.17 Å². The fraction of sp³-hybridized carbons (Fsp3) is 0.529. The molecule has 5 heteroatoms. The molecule has 1 fully saturated rings. The molecule has 1 aromatic carbocycles. The fourth-order valence-corrected chi connectivity index (χ4v) is 4.33. The van der Waals surface area contributed by atoms with Crippen molar-refractivity contribution in [3.05, 3.63) is 34.9 Å². The topological polar surface area (TPSA) is 32.7 Å². The summed E-state index contributed by atoms with van der Waals surface area (Å²) in [5, 5.41) is 1.41. The molecule has 1 aliphatic heterocycles. The summed E-state index contributed by atoms with van der Waals surface area (Å²) < 4.78 is 0. The summed E-state index contributed by atoms with van der Waals surface area (Å²) in [7, 11) is 0. The molecule has 1 heterocycles. The minimum Gasteiger partial charge on any atom is -0.284 e. The molecule has 0 spiro atoms. The van der Waals surface area contributed by atoms with Crippen LogP contribution in [-0.4, -0.2) is 34.3 Å². The van der Waals surface area contributed by atoms with E-state index < -0.39 is 0 Å². The van der Waals surface area contributed by atoms with Gasteiger partial charge in [0.1, 0.15) is 0 Å². The standard InChI is InChI=1S/C17H21ClN2OS/c18-15-10-5-4-9-14(15)16(21)20(13-7-2-1-3-8-13)17-19-11-6-12-22-17/h4-5,9-10,13H,1-3,6-8,11-12H2. The first-order chi connectivity index (χ1) is 10.8. The molecule has 3 rings (SSSR count). The summed E-state index contributed by atoms with van der Waals surface area (Å²) in [5.74, 6) is 1.04. The van der Waals surface area contributed by atoms with Crippen LogP contribution in [0.15, 0.2) is 29.3 Å². The molecule has 0 saturated heterocycles. The summed E-state index contributed by atoms with van der Waals surface area (Å²) >= 11 is 7.95. The van der Waals surface area contributed by atoms with E-state index in [1.165, 1.54) is 19.3 Å². The van der Waals surface area contributed by atoms with Gasteiger partial charge in [0.2, 0.25) is 0 Å². The van der Waals surface area contributed by atoms with Crippen LogP contribution in [0.2, 0.25) is 5.02 Å². The van der Waals surface area contributed by atoms with E-state index in [9.17, 15) is 4.79 Å². The van der Waals surface area contributed by atoms with Gasteiger partial charge in [-0.25, -0.2) is 0 Å². The lowest BCUT2D eigenvalue weighted by molar-refractivity contribution is 0.0780. The molecule has 0 aromatic heterocycles. The molecule has 22 heavy (non-hydrogen) atoms. The van der Waals surface area contributed by atoms with Gasteiger partial charge >= 0.3 is 0 Å². The largest absolute Gasteiger partial charge is 0.284 e. The van der Waals surface area contributed by atoms with Crippen molar-refractivity contribution in [2.75, 3.05) is 12.3 Å². The monoisotopic (exact) mass is 336 g/mol. The first kappa shape index (κ1) is 15.9. The molecular weight excluding hydrogens is 316 g/mol. The second-order valence-corrected chi connectivity index (χ2v) is 7.28. The number of hydrogen-bond donors (Lipinski definition) is 0. The maximum atomic E-state index is 13.1. The predicted molar refractivity (Wildman–Crippen MR) is 93.9 cm³/mol. The average molecular weight is 337 g/mol. The Morgan fingerprint density at radius 3 is 2.64 bits per heavy atom. The first-order valence-electron chi connectivity index (χ1n) is 8.02. The third-order valence-corrected chi connectivity index (χ3v) is 5.66. The summed E-state index contributed by atoms with van der Waals surface area (Å²) in [6, 6.07) is 7.59. The van der Waals surface area contributed by atoms with Crippen molar-refractivity contribution < 1.29 is 4.79 Å². The van der Waals surface area contributed by atoms with Gasteiger partial charge in [0, 0.05) is 18.3 Å². The Morgan fingerprint density at radius 2 is 1.95 bits per heavy atom. The number of carbonyl (C=O) groups excluding carboxylic acids is 1. The lowest BCUT2D eigenvalue weighted by Crippen LogP contribution is -2.45. The average Bonchev–Trinajstić information content (AvgIpc) is 2.57. The SMILES string of the molecule is O=C(c1ccccc1Cl)N(C1=NCCCS1)C1CCCCC1. The molecule has 0 N–H and O–H groups in total. The first-order valence-corrected chi connectivity index (χ1v) is 9.39. The van der Waals surface area contributed by atoms with Gasteiger partial charge in [-0.1, -0.05) is 54.8 Å². The van der Waals surface area contributed by atoms with E-state index in [0.29, 0.717) is 10.6 Å². The molecule has 2 aliphatic rings. The highest BCUT2D eigenvalue weighted by Crippen LogP contribution is 2.29. The maximum Gasteiger partial charge on any atom is 0.261 e. The number of hydrogen-bond acceptors (Lipinski definition) is 3. The molecule has 3 nitrogen and oxygen atoms in total. The Kier molecular flexibility index (Phi) is 5.42. The number of rotatable bonds is 2. The Labute approximate surface area is 141 Å². The Hall–Kier alpha value is -1.000. The van der Waals surface area contributed by atoms with E-state index in [1.54, 1.807) is 17.8 Å². The Balaban J connectivity index is 1.91. The number of aliphatic imine (C=N–C) groups is 1. The molecule has 1 aliphatic carbocycles. The molecule has 118 valence electrons. The smallest absolute Gasteiger partial charge is 0.261 e. The summed E-state index contributed by atoms with van der Waals surface area (Å²) in [5.41, 5.74) is 0.587. The normalized spacial score (nSPS) is 19.6. The molecule has 1 saturated carbocycles. The second kappa shape index (κ2) is 7.51. The zero-order valence-electron chi connectivity index (χ0n) is 12.6. The van der Waals surface area contributed by atoms with Crippen molar-refractivity contribution in [3.63, 3.8) is 0 Å². The molecule has 1 amide bonds. The Morgan fingerprint density at radius 1 is 1.18 bits per heavy atom. The van der Waals surface area contributed by atoms with E-state index >= 15 is 0 Å². The van der Waals surface area contributed by atoms with Gasteiger partial charge in [-0.2, -0.15) is 0 Å². The van der Waals surface area contributed by atoms with Crippen molar-refractivity contribution in [2.24, 2.45) is 4.99 Å². The van der Waals surface area contributed by atoms with Crippen LogP contribution in [-0.2, 0) is 0 Å². The molecule has 0 atom stereocenters. The van der Waals surface area contributed by atoms with Crippen LogP contribution < -0.4 is 0 Å². The van der Waals surface area contributed by atoms with Gasteiger partial charge in [-0.3, -0.25) is 14.7 Å². The number of halogens is 1. The number of amides is 1. The van der Waals surface area contributed by atoms with Crippen molar-refractivity contribution in [1.29, 1.82) is 0 Å². The van der Waals surface area contributed by atoms with Crippen molar-refractivity contribution >= 4 is 34.4 Å². The molecular formula is C17H21ClN2OS. The van der Waals surface area contributed by atoms with Crippen LogP contribution in [0.5, 0.6) is 0 Å². The highest BCUT2D eigenvalue weighted by atomic mass is 35.5. The van der Waals surface area contributed by atoms with Crippen LogP contribution in [0.1, 0.15) is 48.9 Å². The number of amidine groups is 1. The summed E-state index contributed by atoms with van der Waals surface area (Å²) in [6.07, 6.45) is 6.87. The third kappa shape index (κ3) is 3.49. The quantitative estimate of drug-likeness (QED) is 0.790. The van der Waals surface area contributed by atoms with Crippen molar-refractivity contribution in [1.82, 2.24) is 4.90 Å². The van der Waals surface area contributed by atoms with Crippen LogP contribution in [0.25, 0.3) is 0 Å². The van der Waals surface area contributed by atoms with Gasteiger partial charge < -0.3 is 0 Å². The molecule has 0 unspecified atom stereocenters. The molecule has 0 bridgehead atoms. The van der Waals surface area contributed by atoms with Crippen LogP contribution in [0.3, 0.4) is 0 Å². The van der Waals surface area contributed by atoms with E-state index in [2.05, 4.69) is 4.99 Å². The minimum absolute atomic E-state index is 0.00523.